The van der Waals surface area contributed by atoms with Gasteiger partial charge in [0.2, 0.25) is 5.91 Å². The molecule has 1 amide bonds. The summed E-state index contributed by atoms with van der Waals surface area (Å²) in [5, 5.41) is 3.78. The van der Waals surface area contributed by atoms with E-state index < -0.39 is 0 Å². The van der Waals surface area contributed by atoms with Gasteiger partial charge in [-0.3, -0.25) is 10.1 Å². The number of thiophene rings is 1. The molecular formula is C26H33BrN2O3S. The highest BCUT2D eigenvalue weighted by Crippen LogP contribution is 2.47. The zero-order valence-electron chi connectivity index (χ0n) is 19.8. The molecule has 0 radical (unpaired) electrons. The summed E-state index contributed by atoms with van der Waals surface area (Å²) in [4.78, 5) is 28.6. The minimum Gasteiger partial charge on any atom is -0.465 e. The molecule has 1 aliphatic carbocycles. The van der Waals surface area contributed by atoms with Gasteiger partial charge >= 0.3 is 5.97 Å². The number of halogens is 1. The summed E-state index contributed by atoms with van der Waals surface area (Å²) in [6.07, 6.45) is 4.94. The van der Waals surface area contributed by atoms with E-state index in [4.69, 9.17) is 4.74 Å². The molecule has 5 nitrogen and oxygen atoms in total. The first-order chi connectivity index (χ1) is 15.6. The van der Waals surface area contributed by atoms with Crippen molar-refractivity contribution in [1.29, 1.82) is 0 Å². The average molecular weight is 534 g/mol. The zero-order valence-corrected chi connectivity index (χ0v) is 22.2. The van der Waals surface area contributed by atoms with Crippen molar-refractivity contribution in [3.8, 4) is 0 Å². The third-order valence-electron chi connectivity index (χ3n) is 7.36. The van der Waals surface area contributed by atoms with E-state index in [9.17, 15) is 9.59 Å². The molecule has 1 aromatic carbocycles. The fourth-order valence-corrected chi connectivity index (χ4v) is 6.79. The molecule has 178 valence electrons. The molecule has 2 heterocycles. The number of carbonyl (C=O) groups excluding carboxylic acids is 2. The Morgan fingerprint density at radius 2 is 1.85 bits per heavy atom. The Labute approximate surface area is 209 Å². The number of hydrogen-bond donors (Lipinski definition) is 1. The van der Waals surface area contributed by atoms with E-state index in [1.165, 1.54) is 7.11 Å². The summed E-state index contributed by atoms with van der Waals surface area (Å²) in [6.45, 7) is 7.63. The molecule has 1 atom stereocenters. The molecule has 33 heavy (non-hydrogen) atoms. The van der Waals surface area contributed by atoms with Crippen molar-refractivity contribution in [3.05, 3.63) is 56.2 Å². The largest absolute Gasteiger partial charge is 0.465 e. The van der Waals surface area contributed by atoms with E-state index in [1.807, 2.05) is 24.3 Å². The van der Waals surface area contributed by atoms with Gasteiger partial charge in [-0.15, -0.1) is 11.3 Å². The monoisotopic (exact) mass is 532 g/mol. The Balaban J connectivity index is 1.53. The number of rotatable bonds is 5. The summed E-state index contributed by atoms with van der Waals surface area (Å²) in [7, 11) is 1.39. The number of nitrogens with zero attached hydrogens (tertiary/aromatic N) is 1. The SMILES string of the molecule is COC(=O)c1ccc(CCN2C(=O)C(c3ccc(Br)s3)NC23CCC(C(C)(C)C)CC3)cc1. The lowest BCUT2D eigenvalue weighted by molar-refractivity contribution is -0.133. The molecule has 2 aliphatic rings. The average Bonchev–Trinajstić information content (AvgIpc) is 3.33. The van der Waals surface area contributed by atoms with E-state index in [2.05, 4.69) is 46.9 Å². The second kappa shape index (κ2) is 9.51. The van der Waals surface area contributed by atoms with Crippen LogP contribution in [0.3, 0.4) is 0 Å². The maximum Gasteiger partial charge on any atom is 0.337 e. The number of carbonyl (C=O) groups is 2. The zero-order chi connectivity index (χ0) is 23.8. The minimum atomic E-state index is -0.333. The summed E-state index contributed by atoms with van der Waals surface area (Å²) >= 11 is 5.17. The molecule has 2 fully saturated rings. The fourth-order valence-electron chi connectivity index (χ4n) is 5.32. The van der Waals surface area contributed by atoms with Gasteiger partial charge in [0.1, 0.15) is 6.04 Å². The lowest BCUT2D eigenvalue weighted by Gasteiger charge is -2.46. The van der Waals surface area contributed by atoms with E-state index in [0.29, 0.717) is 18.0 Å². The van der Waals surface area contributed by atoms with Crippen molar-refractivity contribution in [3.63, 3.8) is 0 Å². The Kier molecular flexibility index (Phi) is 7.04. The highest BCUT2D eigenvalue weighted by molar-refractivity contribution is 9.11. The van der Waals surface area contributed by atoms with Gasteiger partial charge in [0.15, 0.2) is 0 Å². The van der Waals surface area contributed by atoms with Crippen molar-refractivity contribution in [2.45, 2.75) is 64.6 Å². The van der Waals surface area contributed by atoms with Crippen molar-refractivity contribution in [2.75, 3.05) is 13.7 Å². The molecular weight excluding hydrogens is 500 g/mol. The molecule has 0 bridgehead atoms. The maximum absolute atomic E-state index is 13.7. The third kappa shape index (κ3) is 5.05. The van der Waals surface area contributed by atoms with Crippen LogP contribution in [0.4, 0.5) is 0 Å². The molecule has 1 saturated heterocycles. The van der Waals surface area contributed by atoms with Crippen LogP contribution in [-0.2, 0) is 16.0 Å². The van der Waals surface area contributed by atoms with E-state index in [1.54, 1.807) is 23.5 Å². The molecule has 1 spiro atoms. The summed E-state index contributed by atoms with van der Waals surface area (Å²) in [5.41, 5.74) is 1.65. The molecule has 1 N–H and O–H groups in total. The van der Waals surface area contributed by atoms with Crippen LogP contribution in [0.1, 0.15) is 73.3 Å². The van der Waals surface area contributed by atoms with Gasteiger partial charge in [0, 0.05) is 11.4 Å². The predicted octanol–water partition coefficient (Wildman–Crippen LogP) is 5.95. The first-order valence-electron chi connectivity index (χ1n) is 11.6. The molecule has 4 rings (SSSR count). The minimum absolute atomic E-state index is 0.171. The standard InChI is InChI=1S/C26H33BrN2O3S/c1-25(2,3)19-11-14-26(15-12-19)28-22(20-9-10-21(27)33-20)23(30)29(26)16-13-17-5-7-18(8-6-17)24(31)32-4/h5-10,19,22,28H,11-16H2,1-4H3. The first-order valence-corrected chi connectivity index (χ1v) is 13.3. The number of amides is 1. The van der Waals surface area contributed by atoms with Crippen LogP contribution in [-0.4, -0.2) is 36.1 Å². The summed E-state index contributed by atoms with van der Waals surface area (Å²) in [6, 6.07) is 11.3. The number of nitrogens with one attached hydrogen (secondary N) is 1. The van der Waals surface area contributed by atoms with Crippen molar-refractivity contribution >= 4 is 39.1 Å². The van der Waals surface area contributed by atoms with Crippen molar-refractivity contribution < 1.29 is 14.3 Å². The van der Waals surface area contributed by atoms with Crippen LogP contribution in [0.2, 0.25) is 0 Å². The number of hydrogen-bond acceptors (Lipinski definition) is 5. The van der Waals surface area contributed by atoms with Crippen LogP contribution in [0, 0.1) is 11.3 Å². The Morgan fingerprint density at radius 1 is 1.18 bits per heavy atom. The first kappa shape index (κ1) is 24.4. The predicted molar refractivity (Wildman–Crippen MR) is 135 cm³/mol. The molecule has 1 unspecified atom stereocenters. The molecule has 7 heteroatoms. The lowest BCUT2D eigenvalue weighted by atomic mass is 9.69. The van der Waals surface area contributed by atoms with Gasteiger partial charge < -0.3 is 9.64 Å². The van der Waals surface area contributed by atoms with E-state index in [-0.39, 0.29) is 29.0 Å². The molecule has 1 aliphatic heterocycles. The van der Waals surface area contributed by atoms with Crippen molar-refractivity contribution in [1.82, 2.24) is 10.2 Å². The lowest BCUT2D eigenvalue weighted by Crippen LogP contribution is -2.55. The number of ether oxygens (including phenoxy) is 1. The normalized spacial score (nSPS) is 25.6. The van der Waals surface area contributed by atoms with Crippen LogP contribution in [0.15, 0.2) is 40.2 Å². The second-order valence-corrected chi connectivity index (χ2v) is 12.8. The van der Waals surface area contributed by atoms with E-state index in [0.717, 1.165) is 46.3 Å². The van der Waals surface area contributed by atoms with Crippen LogP contribution in [0.25, 0.3) is 0 Å². The molecule has 2 aromatic rings. The van der Waals surface area contributed by atoms with Crippen LogP contribution in [0.5, 0.6) is 0 Å². The van der Waals surface area contributed by atoms with Gasteiger partial charge in [-0.2, -0.15) is 0 Å². The summed E-state index contributed by atoms with van der Waals surface area (Å²) in [5.74, 6) is 0.507. The van der Waals surface area contributed by atoms with Gasteiger partial charge in [-0.05, 0) is 89.2 Å². The Morgan fingerprint density at radius 3 is 2.39 bits per heavy atom. The fraction of sp³-hybridized carbons (Fsp3) is 0.538. The quantitative estimate of drug-likeness (QED) is 0.483. The van der Waals surface area contributed by atoms with E-state index >= 15 is 0 Å². The third-order valence-corrected chi connectivity index (χ3v) is 9.05. The Bertz CT molecular complexity index is 1000. The second-order valence-electron chi connectivity index (χ2n) is 10.3. The highest BCUT2D eigenvalue weighted by atomic mass is 79.9. The van der Waals surface area contributed by atoms with Crippen LogP contribution < -0.4 is 5.32 Å². The van der Waals surface area contributed by atoms with Gasteiger partial charge in [-0.1, -0.05) is 32.9 Å². The number of methoxy groups -OCH3 is 1. The summed E-state index contributed by atoms with van der Waals surface area (Å²) < 4.78 is 5.84. The topological polar surface area (TPSA) is 58.6 Å². The Hall–Kier alpha value is -1.70. The molecule has 1 saturated carbocycles. The maximum atomic E-state index is 13.7. The number of esters is 1. The highest BCUT2D eigenvalue weighted by Gasteiger charge is 2.52. The van der Waals surface area contributed by atoms with Gasteiger partial charge in [0.25, 0.3) is 0 Å². The smallest absolute Gasteiger partial charge is 0.337 e. The molecule has 1 aromatic heterocycles. The van der Waals surface area contributed by atoms with Gasteiger partial charge in [-0.25, -0.2) is 4.79 Å². The number of benzene rings is 1. The van der Waals surface area contributed by atoms with Crippen LogP contribution >= 0.6 is 27.3 Å². The van der Waals surface area contributed by atoms with Crippen molar-refractivity contribution in [2.24, 2.45) is 11.3 Å². The van der Waals surface area contributed by atoms with Gasteiger partial charge in [0.05, 0.1) is 22.1 Å².